The summed E-state index contributed by atoms with van der Waals surface area (Å²) < 4.78 is 11.1. The van der Waals surface area contributed by atoms with E-state index < -0.39 is 6.10 Å². The van der Waals surface area contributed by atoms with Crippen LogP contribution in [0.25, 0.3) is 0 Å². The van der Waals surface area contributed by atoms with E-state index in [2.05, 4.69) is 31.3 Å². The number of para-hydroxylation sites is 1. The number of carbonyl (C=O) groups excluding carboxylic acids is 1. The molecule has 4 rings (SSSR count). The highest BCUT2D eigenvalue weighted by molar-refractivity contribution is 5.76. The summed E-state index contributed by atoms with van der Waals surface area (Å²) in [7, 11) is 1.68. The largest absolute Gasteiger partial charge is 0.496 e. The van der Waals surface area contributed by atoms with E-state index in [0.29, 0.717) is 12.5 Å². The van der Waals surface area contributed by atoms with E-state index in [1.807, 2.05) is 18.2 Å². The van der Waals surface area contributed by atoms with Gasteiger partial charge in [-0.3, -0.25) is 4.79 Å². The van der Waals surface area contributed by atoms with Crippen molar-refractivity contribution in [2.24, 2.45) is 23.2 Å². The van der Waals surface area contributed by atoms with Crippen molar-refractivity contribution in [1.29, 1.82) is 0 Å². The molecule has 1 aliphatic heterocycles. The van der Waals surface area contributed by atoms with E-state index in [9.17, 15) is 9.90 Å². The van der Waals surface area contributed by atoms with Crippen molar-refractivity contribution >= 4 is 5.97 Å². The van der Waals surface area contributed by atoms with E-state index >= 15 is 0 Å². The zero-order valence-corrected chi connectivity index (χ0v) is 17.7. The molecule has 1 aromatic carbocycles. The summed E-state index contributed by atoms with van der Waals surface area (Å²) in [5.41, 5.74) is 2.18. The third-order valence-corrected chi connectivity index (χ3v) is 7.70. The average molecular weight is 400 g/mol. The van der Waals surface area contributed by atoms with Gasteiger partial charge in [-0.25, -0.2) is 0 Å². The lowest BCUT2D eigenvalue weighted by Gasteiger charge is -2.51. The van der Waals surface area contributed by atoms with Crippen molar-refractivity contribution < 1.29 is 19.4 Å². The minimum Gasteiger partial charge on any atom is -0.496 e. The Labute approximate surface area is 173 Å². The summed E-state index contributed by atoms with van der Waals surface area (Å²) >= 11 is 0. The number of aliphatic hydroxyl groups is 1. The summed E-state index contributed by atoms with van der Waals surface area (Å²) in [6.07, 6.45) is 5.27. The number of esters is 1. The number of methoxy groups -OCH3 is 1. The van der Waals surface area contributed by atoms with Crippen LogP contribution in [0.5, 0.6) is 5.75 Å². The Morgan fingerprint density at radius 3 is 2.93 bits per heavy atom. The summed E-state index contributed by atoms with van der Waals surface area (Å²) in [5.74, 6) is 0.702. The fourth-order valence-corrected chi connectivity index (χ4v) is 5.69. The first-order valence-electron chi connectivity index (χ1n) is 10.9. The number of hydrogen-bond acceptors (Lipinski definition) is 5. The summed E-state index contributed by atoms with van der Waals surface area (Å²) in [6, 6.07) is 7.99. The molecule has 158 valence electrons. The molecule has 29 heavy (non-hydrogen) atoms. The predicted molar refractivity (Wildman–Crippen MR) is 112 cm³/mol. The molecular weight excluding hydrogens is 366 g/mol. The second kappa shape index (κ2) is 8.11. The maximum Gasteiger partial charge on any atom is 0.311 e. The molecule has 0 unspecified atom stereocenters. The number of benzene rings is 1. The maximum atomic E-state index is 12.6. The molecule has 2 N–H and O–H groups in total. The Kier molecular flexibility index (Phi) is 5.71. The molecule has 5 heteroatoms. The molecule has 0 aromatic heterocycles. The zero-order valence-electron chi connectivity index (χ0n) is 17.7. The van der Waals surface area contributed by atoms with Crippen LogP contribution >= 0.6 is 0 Å². The lowest BCUT2D eigenvalue weighted by atomic mass is 9.55. The minimum absolute atomic E-state index is 0.135. The van der Waals surface area contributed by atoms with Crippen LogP contribution in [-0.4, -0.2) is 43.5 Å². The first-order chi connectivity index (χ1) is 14.0. The smallest absolute Gasteiger partial charge is 0.311 e. The van der Waals surface area contributed by atoms with Gasteiger partial charge in [0.2, 0.25) is 0 Å². The zero-order chi connectivity index (χ0) is 20.6. The quantitative estimate of drug-likeness (QED) is 0.437. The molecule has 2 aliphatic carbocycles. The van der Waals surface area contributed by atoms with Crippen LogP contribution in [0.4, 0.5) is 0 Å². The van der Waals surface area contributed by atoms with E-state index in [-0.39, 0.29) is 29.3 Å². The van der Waals surface area contributed by atoms with Crippen molar-refractivity contribution in [2.45, 2.75) is 51.7 Å². The topological polar surface area (TPSA) is 67.8 Å². The van der Waals surface area contributed by atoms with Crippen LogP contribution in [0.3, 0.4) is 0 Å². The Morgan fingerprint density at radius 2 is 2.14 bits per heavy atom. The van der Waals surface area contributed by atoms with E-state index in [1.165, 1.54) is 5.57 Å². The molecule has 1 heterocycles. The summed E-state index contributed by atoms with van der Waals surface area (Å²) in [4.78, 5) is 12.6. The first-order valence-corrected chi connectivity index (χ1v) is 10.9. The number of ether oxygens (including phenoxy) is 2. The molecule has 2 fully saturated rings. The van der Waals surface area contributed by atoms with Gasteiger partial charge in [0.05, 0.1) is 19.1 Å². The van der Waals surface area contributed by atoms with Crippen LogP contribution < -0.4 is 10.1 Å². The first kappa shape index (κ1) is 20.4. The molecule has 1 aromatic rings. The van der Waals surface area contributed by atoms with Gasteiger partial charge < -0.3 is 19.9 Å². The van der Waals surface area contributed by atoms with E-state index in [1.54, 1.807) is 7.11 Å². The fourth-order valence-electron chi connectivity index (χ4n) is 5.69. The van der Waals surface area contributed by atoms with Gasteiger partial charge >= 0.3 is 5.97 Å². The Bertz CT molecular complexity index is 791. The van der Waals surface area contributed by atoms with Crippen LogP contribution in [0.1, 0.15) is 38.7 Å². The van der Waals surface area contributed by atoms with Gasteiger partial charge in [-0.05, 0) is 43.4 Å². The molecule has 5 nitrogen and oxygen atoms in total. The monoisotopic (exact) mass is 399 g/mol. The Hall–Kier alpha value is -1.85. The van der Waals surface area contributed by atoms with Crippen LogP contribution in [0.15, 0.2) is 35.9 Å². The van der Waals surface area contributed by atoms with Crippen molar-refractivity contribution in [3.05, 3.63) is 41.5 Å². The summed E-state index contributed by atoms with van der Waals surface area (Å²) in [6.45, 7) is 5.69. The van der Waals surface area contributed by atoms with E-state index in [4.69, 9.17) is 9.47 Å². The van der Waals surface area contributed by atoms with Crippen molar-refractivity contribution in [3.63, 3.8) is 0 Å². The molecule has 0 spiro atoms. The third-order valence-electron chi connectivity index (χ3n) is 7.70. The van der Waals surface area contributed by atoms with Gasteiger partial charge in [0.25, 0.3) is 0 Å². The maximum absolute atomic E-state index is 12.6. The number of nitrogens with one attached hydrogen (secondary N) is 1. The molecular formula is C24H33NO4. The van der Waals surface area contributed by atoms with Gasteiger partial charge in [-0.15, -0.1) is 0 Å². The number of hydrogen-bond donors (Lipinski definition) is 2. The predicted octanol–water partition coefficient (Wildman–Crippen LogP) is 3.11. The molecule has 6 atom stereocenters. The van der Waals surface area contributed by atoms with Gasteiger partial charge in [0, 0.05) is 24.3 Å². The molecule has 0 bridgehead atoms. The van der Waals surface area contributed by atoms with Crippen molar-refractivity contribution in [3.8, 4) is 5.75 Å². The number of aliphatic hydroxyl groups excluding tert-OH is 1. The van der Waals surface area contributed by atoms with Gasteiger partial charge in [-0.1, -0.05) is 43.7 Å². The number of fused-ring (bicyclic) bond motifs is 2. The summed E-state index contributed by atoms with van der Waals surface area (Å²) in [5, 5.41) is 14.8. The lowest BCUT2D eigenvalue weighted by Crippen LogP contribution is -2.54. The lowest BCUT2D eigenvalue weighted by molar-refractivity contribution is -0.144. The number of carbonyl (C=O) groups is 1. The van der Waals surface area contributed by atoms with Crippen LogP contribution in [0, 0.1) is 23.2 Å². The highest BCUT2D eigenvalue weighted by Crippen LogP contribution is 2.55. The highest BCUT2D eigenvalue weighted by atomic mass is 16.6. The standard InChI is InChI=1S/C24H33NO4/c1-15-7-6-9-17-13-20-21(22(26)24(15,17)2)18(23(27)29-20)14-25-12-11-16-8-4-5-10-19(16)28-3/h4-5,8-10,15,18,20-22,25-26H,6-7,11-14H2,1-3H3/t15-,18+,20+,21-,22+,24+/m0/s1. The normalized spacial score (nSPS) is 36.1. The second-order valence-electron chi connectivity index (χ2n) is 9.06. The molecule has 0 amide bonds. The van der Waals surface area contributed by atoms with E-state index in [0.717, 1.165) is 43.5 Å². The molecule has 0 radical (unpaired) electrons. The minimum atomic E-state index is -0.546. The number of rotatable bonds is 6. The van der Waals surface area contributed by atoms with Gasteiger partial charge in [-0.2, -0.15) is 0 Å². The SMILES string of the molecule is COc1ccccc1CCNC[C@H]1C(=O)O[C@@H]2CC3=CCC[C@H](C)[C@@]3(C)[C@H](O)[C@H]21. The Morgan fingerprint density at radius 1 is 1.34 bits per heavy atom. The molecule has 3 aliphatic rings. The highest BCUT2D eigenvalue weighted by Gasteiger charge is 2.59. The fraction of sp³-hybridized carbons (Fsp3) is 0.625. The third kappa shape index (κ3) is 3.49. The molecule has 1 saturated carbocycles. The van der Waals surface area contributed by atoms with Crippen molar-refractivity contribution in [2.75, 3.05) is 20.2 Å². The van der Waals surface area contributed by atoms with Gasteiger partial charge in [0.15, 0.2) is 0 Å². The average Bonchev–Trinajstić information content (AvgIpc) is 3.03. The van der Waals surface area contributed by atoms with Crippen LogP contribution in [-0.2, 0) is 16.0 Å². The van der Waals surface area contributed by atoms with Crippen LogP contribution in [0.2, 0.25) is 0 Å². The van der Waals surface area contributed by atoms with Crippen molar-refractivity contribution in [1.82, 2.24) is 5.32 Å². The van der Waals surface area contributed by atoms with Gasteiger partial charge in [0.1, 0.15) is 11.9 Å². The Balaban J connectivity index is 1.41. The number of allylic oxidation sites excluding steroid dienone is 1. The second-order valence-corrected chi connectivity index (χ2v) is 9.06. The molecule has 1 saturated heterocycles.